The highest BCUT2D eigenvalue weighted by atomic mass is 35.5. The third-order valence-corrected chi connectivity index (χ3v) is 4.27. The Bertz CT molecular complexity index is 892. The zero-order valence-electron chi connectivity index (χ0n) is 13.6. The van der Waals surface area contributed by atoms with Crippen molar-refractivity contribution in [3.05, 3.63) is 75.9 Å². The maximum Gasteiger partial charge on any atom is 0.358 e. The first-order chi connectivity index (χ1) is 12.1. The Balaban J connectivity index is 2.04. The average molecular weight is 375 g/mol. The molecule has 0 aliphatic rings. The molecule has 0 aliphatic carbocycles. The molecule has 128 valence electrons. The Morgan fingerprint density at radius 3 is 2.60 bits per heavy atom. The molecule has 0 N–H and O–H groups in total. The van der Waals surface area contributed by atoms with E-state index >= 15 is 0 Å². The zero-order chi connectivity index (χ0) is 17.8. The molecule has 0 atom stereocenters. The Morgan fingerprint density at radius 1 is 1.12 bits per heavy atom. The van der Waals surface area contributed by atoms with Gasteiger partial charge in [0, 0.05) is 10.0 Å². The summed E-state index contributed by atoms with van der Waals surface area (Å²) in [5, 5.41) is 5.60. The Kier molecular flexibility index (Phi) is 5.41. The van der Waals surface area contributed by atoms with E-state index in [4.69, 9.17) is 27.9 Å². The van der Waals surface area contributed by atoms with Gasteiger partial charge >= 0.3 is 5.97 Å². The van der Waals surface area contributed by atoms with Gasteiger partial charge in [0.15, 0.2) is 5.69 Å². The first-order valence-corrected chi connectivity index (χ1v) is 8.58. The highest BCUT2D eigenvalue weighted by Crippen LogP contribution is 2.25. The summed E-state index contributed by atoms with van der Waals surface area (Å²) in [4.78, 5) is 12.1. The largest absolute Gasteiger partial charge is 0.461 e. The third kappa shape index (κ3) is 4.03. The van der Waals surface area contributed by atoms with Gasteiger partial charge in [0.2, 0.25) is 0 Å². The molecular formula is C19H16Cl2N2O2. The summed E-state index contributed by atoms with van der Waals surface area (Å²) in [6, 6.07) is 16.7. The van der Waals surface area contributed by atoms with Crippen molar-refractivity contribution in [2.45, 2.75) is 13.5 Å². The molecule has 0 spiro atoms. The van der Waals surface area contributed by atoms with Gasteiger partial charge in [-0.25, -0.2) is 4.79 Å². The van der Waals surface area contributed by atoms with E-state index in [2.05, 4.69) is 5.10 Å². The smallest absolute Gasteiger partial charge is 0.358 e. The van der Waals surface area contributed by atoms with Crippen molar-refractivity contribution in [3.63, 3.8) is 0 Å². The number of hydrogen-bond donors (Lipinski definition) is 0. The van der Waals surface area contributed by atoms with E-state index in [1.807, 2.05) is 30.3 Å². The minimum absolute atomic E-state index is 0.263. The molecule has 0 amide bonds. The first-order valence-electron chi connectivity index (χ1n) is 7.83. The lowest BCUT2D eigenvalue weighted by Gasteiger charge is -2.09. The van der Waals surface area contributed by atoms with Gasteiger partial charge in [0.1, 0.15) is 0 Å². The number of halogens is 2. The quantitative estimate of drug-likeness (QED) is 0.584. The molecule has 1 heterocycles. The molecule has 0 bridgehead atoms. The molecule has 0 saturated carbocycles. The summed E-state index contributed by atoms with van der Waals surface area (Å²) in [5.41, 5.74) is 2.84. The average Bonchev–Trinajstić information content (AvgIpc) is 3.03. The van der Waals surface area contributed by atoms with Gasteiger partial charge in [-0.2, -0.15) is 5.10 Å². The first kappa shape index (κ1) is 17.5. The fourth-order valence-electron chi connectivity index (χ4n) is 2.51. The van der Waals surface area contributed by atoms with Crippen LogP contribution in [-0.4, -0.2) is 22.4 Å². The fourth-order valence-corrected chi connectivity index (χ4v) is 2.88. The number of esters is 1. The van der Waals surface area contributed by atoms with Gasteiger partial charge in [-0.1, -0.05) is 53.5 Å². The molecule has 0 fully saturated rings. The standard InChI is InChI=1S/C19H16Cl2N2O2/c1-2-25-19(24)17-11-18(13-6-4-3-5-7-13)23(22-17)12-14-10-15(20)8-9-16(14)21/h3-11H,2,12H2,1H3. The highest BCUT2D eigenvalue weighted by Gasteiger charge is 2.17. The van der Waals surface area contributed by atoms with E-state index < -0.39 is 5.97 Å². The van der Waals surface area contributed by atoms with Gasteiger partial charge in [0.25, 0.3) is 0 Å². The van der Waals surface area contributed by atoms with Crippen LogP contribution in [0.25, 0.3) is 11.3 Å². The Hall–Kier alpha value is -2.30. The molecular weight excluding hydrogens is 359 g/mol. The molecule has 25 heavy (non-hydrogen) atoms. The number of benzene rings is 2. The minimum atomic E-state index is -0.448. The van der Waals surface area contributed by atoms with Crippen LogP contribution in [0.2, 0.25) is 10.0 Å². The van der Waals surface area contributed by atoms with E-state index in [1.54, 1.807) is 35.9 Å². The van der Waals surface area contributed by atoms with Crippen LogP contribution in [0.15, 0.2) is 54.6 Å². The number of rotatable bonds is 5. The van der Waals surface area contributed by atoms with Crippen LogP contribution in [0.4, 0.5) is 0 Å². The highest BCUT2D eigenvalue weighted by molar-refractivity contribution is 6.33. The van der Waals surface area contributed by atoms with Gasteiger partial charge in [0.05, 0.1) is 18.8 Å². The topological polar surface area (TPSA) is 44.1 Å². The summed E-state index contributed by atoms with van der Waals surface area (Å²) in [7, 11) is 0. The van der Waals surface area contributed by atoms with Gasteiger partial charge < -0.3 is 4.74 Å². The second-order valence-corrected chi connectivity index (χ2v) is 6.24. The number of nitrogens with zero attached hydrogens (tertiary/aromatic N) is 2. The van der Waals surface area contributed by atoms with Crippen LogP contribution >= 0.6 is 23.2 Å². The normalized spacial score (nSPS) is 10.7. The number of carbonyl (C=O) groups is 1. The van der Waals surface area contributed by atoms with E-state index in [0.29, 0.717) is 23.2 Å². The van der Waals surface area contributed by atoms with E-state index in [-0.39, 0.29) is 5.69 Å². The molecule has 3 aromatic rings. The van der Waals surface area contributed by atoms with Crippen molar-refractivity contribution in [3.8, 4) is 11.3 Å². The van der Waals surface area contributed by atoms with E-state index in [9.17, 15) is 4.79 Å². The van der Waals surface area contributed by atoms with Crippen LogP contribution in [0, 0.1) is 0 Å². The summed E-state index contributed by atoms with van der Waals surface area (Å²) in [5.74, 6) is -0.448. The van der Waals surface area contributed by atoms with Gasteiger partial charge in [-0.3, -0.25) is 4.68 Å². The zero-order valence-corrected chi connectivity index (χ0v) is 15.1. The molecule has 2 aromatic carbocycles. The van der Waals surface area contributed by atoms with Crippen LogP contribution in [0.5, 0.6) is 0 Å². The lowest BCUT2D eigenvalue weighted by molar-refractivity contribution is 0.0518. The van der Waals surface area contributed by atoms with Crippen molar-refractivity contribution >= 4 is 29.2 Å². The van der Waals surface area contributed by atoms with Crippen molar-refractivity contribution in [1.29, 1.82) is 0 Å². The van der Waals surface area contributed by atoms with Gasteiger partial charge in [-0.05, 0) is 42.3 Å². The maximum absolute atomic E-state index is 12.1. The third-order valence-electron chi connectivity index (χ3n) is 3.66. The second-order valence-electron chi connectivity index (χ2n) is 5.39. The predicted octanol–water partition coefficient (Wildman–Crippen LogP) is 5.08. The van der Waals surface area contributed by atoms with Crippen LogP contribution < -0.4 is 0 Å². The van der Waals surface area contributed by atoms with Crippen molar-refractivity contribution in [2.75, 3.05) is 6.61 Å². The van der Waals surface area contributed by atoms with Crippen LogP contribution in [0.3, 0.4) is 0 Å². The second kappa shape index (κ2) is 7.72. The number of aromatic nitrogens is 2. The molecule has 6 heteroatoms. The summed E-state index contributed by atoms with van der Waals surface area (Å²) >= 11 is 12.3. The molecule has 0 radical (unpaired) electrons. The summed E-state index contributed by atoms with van der Waals surface area (Å²) < 4.78 is 6.80. The van der Waals surface area contributed by atoms with Crippen molar-refractivity contribution < 1.29 is 9.53 Å². The molecule has 0 unspecified atom stereocenters. The fraction of sp³-hybridized carbons (Fsp3) is 0.158. The summed E-state index contributed by atoms with van der Waals surface area (Å²) in [6.45, 7) is 2.45. The number of ether oxygens (including phenoxy) is 1. The predicted molar refractivity (Wildman–Crippen MR) is 99.2 cm³/mol. The minimum Gasteiger partial charge on any atom is -0.461 e. The molecule has 0 aliphatic heterocycles. The van der Waals surface area contributed by atoms with Crippen LogP contribution in [-0.2, 0) is 11.3 Å². The lowest BCUT2D eigenvalue weighted by Crippen LogP contribution is -2.08. The van der Waals surface area contributed by atoms with E-state index in [0.717, 1.165) is 16.8 Å². The molecule has 1 aromatic heterocycles. The Labute approximate surface area is 155 Å². The van der Waals surface area contributed by atoms with Crippen molar-refractivity contribution in [1.82, 2.24) is 9.78 Å². The summed E-state index contributed by atoms with van der Waals surface area (Å²) in [6.07, 6.45) is 0. The number of carbonyl (C=O) groups excluding carboxylic acids is 1. The molecule has 3 rings (SSSR count). The maximum atomic E-state index is 12.1. The van der Waals surface area contributed by atoms with Crippen LogP contribution in [0.1, 0.15) is 23.0 Å². The van der Waals surface area contributed by atoms with Crippen molar-refractivity contribution in [2.24, 2.45) is 0 Å². The lowest BCUT2D eigenvalue weighted by atomic mass is 10.1. The SMILES string of the molecule is CCOC(=O)c1cc(-c2ccccc2)n(Cc2cc(Cl)ccc2Cl)n1. The monoisotopic (exact) mass is 374 g/mol. The molecule has 4 nitrogen and oxygen atoms in total. The van der Waals surface area contributed by atoms with E-state index in [1.165, 1.54) is 0 Å². The van der Waals surface area contributed by atoms with Gasteiger partial charge in [-0.15, -0.1) is 0 Å². The Morgan fingerprint density at radius 2 is 1.88 bits per heavy atom. The molecule has 0 saturated heterocycles. The number of hydrogen-bond acceptors (Lipinski definition) is 3.